The number of rotatable bonds is 7. The molecule has 42 heavy (non-hydrogen) atoms. The fraction of sp³-hybridized carbons (Fsp3) is 0.355. The number of nitrogens with one attached hydrogen (secondary N) is 1. The van der Waals surface area contributed by atoms with Crippen LogP contribution in [0.4, 0.5) is 0 Å². The number of hydrogen-bond donors (Lipinski definition) is 1. The second-order valence-electron chi connectivity index (χ2n) is 10.8. The quantitative estimate of drug-likeness (QED) is 0.274. The minimum atomic E-state index is -4.09. The molecular formula is C31H32BrN3O6S. The van der Waals surface area contributed by atoms with Gasteiger partial charge in [0.1, 0.15) is 6.54 Å². The van der Waals surface area contributed by atoms with E-state index in [1.165, 1.54) is 18.6 Å². The number of sulfonamides is 1. The summed E-state index contributed by atoms with van der Waals surface area (Å²) in [6.45, 7) is 2.12. The summed E-state index contributed by atoms with van der Waals surface area (Å²) < 4.78 is 41.8. The van der Waals surface area contributed by atoms with Crippen molar-refractivity contribution in [1.29, 1.82) is 0 Å². The highest BCUT2D eigenvalue weighted by atomic mass is 79.9. The van der Waals surface area contributed by atoms with Crippen LogP contribution in [0.15, 0.2) is 74.8 Å². The summed E-state index contributed by atoms with van der Waals surface area (Å²) in [6, 6.07) is 13.2. The van der Waals surface area contributed by atoms with Gasteiger partial charge in [0.2, 0.25) is 5.91 Å². The molecule has 0 spiro atoms. The van der Waals surface area contributed by atoms with E-state index in [2.05, 4.69) is 20.7 Å². The third kappa shape index (κ3) is 5.77. The first-order valence-corrected chi connectivity index (χ1v) is 16.5. The molecule has 9 nitrogen and oxygen atoms in total. The van der Waals surface area contributed by atoms with Crippen LogP contribution in [0.1, 0.15) is 53.9 Å². The SMILES string of the molecule is O=C(NS(=O)(=O)c1ccc(Br)cc1)c1ccc2c(C3CCCCC3)c(-c3ccoc3)n(CC(=O)N3CCOCC3)c2c1. The molecule has 1 saturated carbocycles. The molecule has 1 aliphatic heterocycles. The Kier molecular flexibility index (Phi) is 8.24. The number of halogens is 1. The number of carbonyl (C=O) groups excluding carboxylic acids is 2. The zero-order valence-electron chi connectivity index (χ0n) is 23.1. The maximum atomic E-state index is 13.6. The lowest BCUT2D eigenvalue weighted by molar-refractivity contribution is -0.135. The molecule has 4 aromatic rings. The zero-order valence-corrected chi connectivity index (χ0v) is 25.5. The van der Waals surface area contributed by atoms with Crippen LogP contribution in [0.3, 0.4) is 0 Å². The number of carbonyl (C=O) groups is 2. The van der Waals surface area contributed by atoms with Crippen LogP contribution in [0.25, 0.3) is 22.2 Å². The van der Waals surface area contributed by atoms with E-state index in [-0.39, 0.29) is 22.9 Å². The standard InChI is InChI=1S/C31H32BrN3O6S/c32-24-7-9-25(10-8-24)42(38,39)33-31(37)22-6-11-26-27(18-22)35(19-28(36)34-13-16-40-17-14-34)30(23-12-15-41-20-23)29(26)21-4-2-1-3-5-21/h6-12,15,18,20-21H,1-5,13-14,16-17,19H2,(H,33,37). The summed E-state index contributed by atoms with van der Waals surface area (Å²) in [5.74, 6) is -0.484. The molecule has 0 unspecified atom stereocenters. The van der Waals surface area contributed by atoms with Crippen LogP contribution >= 0.6 is 15.9 Å². The summed E-state index contributed by atoms with van der Waals surface area (Å²) in [6.07, 6.45) is 8.84. The Hall–Kier alpha value is -3.41. The minimum Gasteiger partial charge on any atom is -0.472 e. The first-order valence-electron chi connectivity index (χ1n) is 14.2. The number of benzene rings is 2. The summed E-state index contributed by atoms with van der Waals surface area (Å²) in [5.41, 5.74) is 3.82. The van der Waals surface area contributed by atoms with Crippen molar-refractivity contribution >= 4 is 48.7 Å². The van der Waals surface area contributed by atoms with Crippen molar-refractivity contribution in [3.63, 3.8) is 0 Å². The van der Waals surface area contributed by atoms with Gasteiger partial charge in [-0.3, -0.25) is 9.59 Å². The van der Waals surface area contributed by atoms with Gasteiger partial charge in [-0.25, -0.2) is 13.1 Å². The van der Waals surface area contributed by atoms with E-state index in [0.29, 0.717) is 37.7 Å². The van der Waals surface area contributed by atoms with Crippen LogP contribution in [-0.2, 0) is 26.1 Å². The van der Waals surface area contributed by atoms with Gasteiger partial charge >= 0.3 is 0 Å². The third-order valence-corrected chi connectivity index (χ3v) is 10.1. The number of fused-ring (bicyclic) bond motifs is 1. The zero-order chi connectivity index (χ0) is 29.3. The predicted octanol–water partition coefficient (Wildman–Crippen LogP) is 5.69. The maximum absolute atomic E-state index is 13.6. The number of morpholine rings is 1. The number of ether oxygens (including phenoxy) is 1. The van der Waals surface area contributed by atoms with E-state index in [9.17, 15) is 18.0 Å². The Morgan fingerprint density at radius 1 is 0.976 bits per heavy atom. The Morgan fingerprint density at radius 2 is 1.71 bits per heavy atom. The Balaban J connectivity index is 1.45. The van der Waals surface area contributed by atoms with E-state index in [1.54, 1.807) is 41.7 Å². The molecule has 11 heteroatoms. The second kappa shape index (κ2) is 12.1. The smallest absolute Gasteiger partial charge is 0.265 e. The fourth-order valence-electron chi connectivity index (χ4n) is 6.10. The van der Waals surface area contributed by atoms with Crippen molar-refractivity contribution in [3.05, 3.63) is 76.7 Å². The predicted molar refractivity (Wildman–Crippen MR) is 162 cm³/mol. The van der Waals surface area contributed by atoms with Crippen LogP contribution in [0, 0.1) is 0 Å². The molecule has 0 atom stereocenters. The van der Waals surface area contributed by atoms with Crippen molar-refractivity contribution in [1.82, 2.24) is 14.2 Å². The molecule has 2 fully saturated rings. The normalized spacial score (nSPS) is 16.5. The number of nitrogens with zero attached hydrogens (tertiary/aromatic N) is 2. The molecule has 2 aromatic carbocycles. The van der Waals surface area contributed by atoms with Crippen LogP contribution in [0.2, 0.25) is 0 Å². The van der Waals surface area contributed by atoms with Crippen molar-refractivity contribution in [2.45, 2.75) is 49.5 Å². The summed E-state index contributed by atoms with van der Waals surface area (Å²) in [5, 5.41) is 0.959. The van der Waals surface area contributed by atoms with E-state index in [1.807, 2.05) is 16.7 Å². The maximum Gasteiger partial charge on any atom is 0.265 e. The lowest BCUT2D eigenvalue weighted by Gasteiger charge is -2.27. The number of amides is 2. The number of aromatic nitrogens is 1. The van der Waals surface area contributed by atoms with Crippen LogP contribution < -0.4 is 4.72 Å². The molecule has 1 aliphatic carbocycles. The molecule has 220 valence electrons. The lowest BCUT2D eigenvalue weighted by Crippen LogP contribution is -2.42. The van der Waals surface area contributed by atoms with Crippen molar-refractivity contribution in [2.75, 3.05) is 26.3 Å². The van der Waals surface area contributed by atoms with Gasteiger partial charge in [-0.05, 0) is 66.8 Å². The molecule has 0 bridgehead atoms. The average Bonchev–Trinajstić information content (AvgIpc) is 3.64. The Bertz CT molecular complexity index is 1700. The van der Waals surface area contributed by atoms with E-state index in [4.69, 9.17) is 9.15 Å². The first kappa shape index (κ1) is 28.7. The van der Waals surface area contributed by atoms with Gasteiger partial charge in [0.05, 0.1) is 41.8 Å². The monoisotopic (exact) mass is 653 g/mol. The molecule has 1 N–H and O–H groups in total. The molecule has 6 rings (SSSR count). The average molecular weight is 655 g/mol. The minimum absolute atomic E-state index is 0.0126. The van der Waals surface area contributed by atoms with Crippen LogP contribution in [0.5, 0.6) is 0 Å². The largest absolute Gasteiger partial charge is 0.472 e. The molecule has 2 aromatic heterocycles. The van der Waals surface area contributed by atoms with Gasteiger partial charge in [-0.1, -0.05) is 41.3 Å². The van der Waals surface area contributed by atoms with E-state index in [0.717, 1.165) is 52.4 Å². The Morgan fingerprint density at radius 3 is 2.40 bits per heavy atom. The molecule has 2 aliphatic rings. The molecule has 3 heterocycles. The topological polar surface area (TPSA) is 111 Å². The van der Waals surface area contributed by atoms with Crippen molar-refractivity contribution in [3.8, 4) is 11.3 Å². The van der Waals surface area contributed by atoms with E-state index < -0.39 is 15.9 Å². The summed E-state index contributed by atoms with van der Waals surface area (Å²) in [7, 11) is -4.09. The summed E-state index contributed by atoms with van der Waals surface area (Å²) in [4.78, 5) is 28.7. The number of hydrogen-bond acceptors (Lipinski definition) is 6. The van der Waals surface area contributed by atoms with Gasteiger partial charge in [-0.2, -0.15) is 0 Å². The van der Waals surface area contributed by atoms with Gasteiger partial charge in [-0.15, -0.1) is 0 Å². The van der Waals surface area contributed by atoms with Gasteiger partial charge < -0.3 is 18.6 Å². The van der Waals surface area contributed by atoms with Crippen LogP contribution in [-0.4, -0.2) is 56.0 Å². The van der Waals surface area contributed by atoms with Gasteiger partial charge in [0, 0.05) is 34.1 Å². The molecule has 2 amide bonds. The highest BCUT2D eigenvalue weighted by Gasteiger charge is 2.30. The molecule has 0 radical (unpaired) electrons. The molecule has 1 saturated heterocycles. The summed E-state index contributed by atoms with van der Waals surface area (Å²) >= 11 is 3.30. The van der Waals surface area contributed by atoms with Gasteiger partial charge in [0.25, 0.3) is 15.9 Å². The highest BCUT2D eigenvalue weighted by molar-refractivity contribution is 9.10. The fourth-order valence-corrected chi connectivity index (χ4v) is 7.34. The highest BCUT2D eigenvalue weighted by Crippen LogP contribution is 2.44. The van der Waals surface area contributed by atoms with Crippen molar-refractivity contribution in [2.24, 2.45) is 0 Å². The van der Waals surface area contributed by atoms with E-state index >= 15 is 0 Å². The van der Waals surface area contributed by atoms with Gasteiger partial charge in [0.15, 0.2) is 0 Å². The Labute approximate surface area is 253 Å². The third-order valence-electron chi connectivity index (χ3n) is 8.18. The molecular weight excluding hydrogens is 622 g/mol. The number of furan rings is 1. The first-order chi connectivity index (χ1) is 20.3. The van der Waals surface area contributed by atoms with Crippen molar-refractivity contribution < 1.29 is 27.2 Å². The lowest BCUT2D eigenvalue weighted by atomic mass is 9.82. The second-order valence-corrected chi connectivity index (χ2v) is 13.4.